The molecule has 2 unspecified atom stereocenters. The van der Waals surface area contributed by atoms with Crippen LogP contribution in [-0.2, 0) is 0 Å². The van der Waals surface area contributed by atoms with Crippen molar-refractivity contribution in [2.75, 3.05) is 18.0 Å². The second-order valence-corrected chi connectivity index (χ2v) is 5.74. The van der Waals surface area contributed by atoms with Crippen LogP contribution in [0.1, 0.15) is 51.6 Å². The minimum Gasteiger partial charge on any atom is -0.353 e. The van der Waals surface area contributed by atoms with Crippen molar-refractivity contribution in [3.8, 4) is 0 Å². The predicted molar refractivity (Wildman–Crippen MR) is 79.3 cm³/mol. The molecular weight excluding hydrogens is 236 g/mol. The first kappa shape index (κ1) is 14.3. The van der Waals surface area contributed by atoms with Crippen LogP contribution in [0.2, 0.25) is 0 Å². The van der Waals surface area contributed by atoms with E-state index >= 15 is 0 Å². The molecule has 0 bridgehead atoms. The van der Waals surface area contributed by atoms with Gasteiger partial charge in [-0.3, -0.25) is 0 Å². The van der Waals surface area contributed by atoms with Crippen molar-refractivity contribution in [3.63, 3.8) is 0 Å². The summed E-state index contributed by atoms with van der Waals surface area (Å²) in [5.41, 5.74) is 7.03. The van der Waals surface area contributed by atoms with Gasteiger partial charge in [0.25, 0.3) is 0 Å². The van der Waals surface area contributed by atoms with E-state index in [-0.39, 0.29) is 0 Å². The maximum atomic E-state index is 5.91. The molecular formula is C15H26N4. The molecule has 1 aromatic heterocycles. The van der Waals surface area contributed by atoms with Crippen LogP contribution in [0.25, 0.3) is 0 Å². The average molecular weight is 262 g/mol. The van der Waals surface area contributed by atoms with Gasteiger partial charge in [0, 0.05) is 24.3 Å². The topological polar surface area (TPSA) is 55.0 Å². The zero-order valence-corrected chi connectivity index (χ0v) is 12.3. The highest BCUT2D eigenvalue weighted by Crippen LogP contribution is 2.32. The summed E-state index contributed by atoms with van der Waals surface area (Å²) in [5.74, 6) is 2.11. The molecule has 1 fully saturated rings. The van der Waals surface area contributed by atoms with Crippen molar-refractivity contribution in [1.82, 2.24) is 9.97 Å². The summed E-state index contributed by atoms with van der Waals surface area (Å²) in [6, 6.07) is 2.69. The molecule has 19 heavy (non-hydrogen) atoms. The summed E-state index contributed by atoms with van der Waals surface area (Å²) >= 11 is 0. The first-order chi connectivity index (χ1) is 9.17. The van der Waals surface area contributed by atoms with E-state index in [9.17, 15) is 0 Å². The van der Waals surface area contributed by atoms with Crippen molar-refractivity contribution < 1.29 is 0 Å². The number of anilines is 1. The number of nitrogens with zero attached hydrogens (tertiary/aromatic N) is 3. The Hall–Kier alpha value is -1.16. The molecule has 1 heterocycles. The van der Waals surface area contributed by atoms with Crippen molar-refractivity contribution in [2.24, 2.45) is 11.7 Å². The molecule has 0 radical (unpaired) electrons. The Kier molecular flexibility index (Phi) is 4.75. The second-order valence-electron chi connectivity index (χ2n) is 5.74. The highest BCUT2D eigenvalue weighted by atomic mass is 15.2. The molecule has 0 saturated heterocycles. The largest absolute Gasteiger partial charge is 0.353 e. The lowest BCUT2D eigenvalue weighted by molar-refractivity contribution is 0.459. The van der Waals surface area contributed by atoms with Crippen molar-refractivity contribution in [3.05, 3.63) is 18.1 Å². The van der Waals surface area contributed by atoms with Gasteiger partial charge in [-0.05, 0) is 38.1 Å². The highest BCUT2D eigenvalue weighted by Gasteiger charge is 2.31. The Labute approximate surface area is 116 Å². The van der Waals surface area contributed by atoms with Crippen LogP contribution in [0.3, 0.4) is 0 Å². The van der Waals surface area contributed by atoms with Crippen LogP contribution >= 0.6 is 0 Å². The lowest BCUT2D eigenvalue weighted by Gasteiger charge is -2.33. The fourth-order valence-corrected chi connectivity index (χ4v) is 3.10. The van der Waals surface area contributed by atoms with Crippen molar-refractivity contribution in [1.29, 1.82) is 0 Å². The Bertz CT molecular complexity index is 405. The Morgan fingerprint density at radius 1 is 1.37 bits per heavy atom. The summed E-state index contributed by atoms with van der Waals surface area (Å²) in [5, 5.41) is 0. The molecule has 1 saturated carbocycles. The third-order valence-electron chi connectivity index (χ3n) is 4.22. The van der Waals surface area contributed by atoms with Crippen molar-refractivity contribution in [2.45, 2.75) is 52.0 Å². The molecule has 2 rings (SSSR count). The molecule has 4 nitrogen and oxygen atoms in total. The van der Waals surface area contributed by atoms with Gasteiger partial charge < -0.3 is 10.6 Å². The standard InChI is InChI=1S/C15H26N4/c1-4-19(14-7-5-6-12(14)9-16)15-8-13(11(2)3)17-10-18-15/h8,10-12,14H,4-7,9,16H2,1-3H3. The molecule has 1 aromatic rings. The Morgan fingerprint density at radius 3 is 2.79 bits per heavy atom. The van der Waals surface area contributed by atoms with E-state index in [2.05, 4.69) is 41.7 Å². The lowest BCUT2D eigenvalue weighted by atomic mass is 10.0. The molecule has 1 aliphatic rings. The number of rotatable bonds is 5. The zero-order valence-electron chi connectivity index (χ0n) is 12.3. The van der Waals surface area contributed by atoms with Crippen LogP contribution in [0.5, 0.6) is 0 Å². The molecule has 1 aliphatic carbocycles. The Balaban J connectivity index is 2.23. The van der Waals surface area contributed by atoms with E-state index < -0.39 is 0 Å². The quantitative estimate of drug-likeness (QED) is 0.886. The second kappa shape index (κ2) is 6.33. The molecule has 2 atom stereocenters. The third kappa shape index (κ3) is 3.06. The summed E-state index contributed by atoms with van der Waals surface area (Å²) in [6.45, 7) is 8.30. The maximum absolute atomic E-state index is 5.91. The fourth-order valence-electron chi connectivity index (χ4n) is 3.10. The van der Waals surface area contributed by atoms with Gasteiger partial charge in [-0.15, -0.1) is 0 Å². The molecule has 0 aliphatic heterocycles. The van der Waals surface area contributed by atoms with E-state index in [1.807, 2.05) is 0 Å². The average Bonchev–Trinajstić information content (AvgIpc) is 2.88. The van der Waals surface area contributed by atoms with E-state index in [0.29, 0.717) is 17.9 Å². The molecule has 4 heteroatoms. The maximum Gasteiger partial charge on any atom is 0.132 e. The first-order valence-electron chi connectivity index (χ1n) is 7.46. The van der Waals surface area contributed by atoms with Gasteiger partial charge in [0.15, 0.2) is 0 Å². The Morgan fingerprint density at radius 2 is 2.16 bits per heavy atom. The van der Waals surface area contributed by atoms with E-state index in [4.69, 9.17) is 5.73 Å². The monoisotopic (exact) mass is 262 g/mol. The summed E-state index contributed by atoms with van der Waals surface area (Å²) in [4.78, 5) is 11.3. The van der Waals surface area contributed by atoms with Crippen LogP contribution < -0.4 is 10.6 Å². The lowest BCUT2D eigenvalue weighted by Crippen LogP contribution is -2.41. The molecule has 0 aromatic carbocycles. The van der Waals surface area contributed by atoms with Crippen LogP contribution in [-0.4, -0.2) is 29.1 Å². The van der Waals surface area contributed by atoms with E-state index in [1.165, 1.54) is 19.3 Å². The zero-order chi connectivity index (χ0) is 13.8. The molecule has 0 amide bonds. The van der Waals surface area contributed by atoms with Gasteiger partial charge in [-0.1, -0.05) is 20.3 Å². The predicted octanol–water partition coefficient (Wildman–Crippen LogP) is 2.55. The number of hydrogen-bond acceptors (Lipinski definition) is 4. The number of hydrogen-bond donors (Lipinski definition) is 1. The van der Waals surface area contributed by atoms with Gasteiger partial charge in [0.05, 0.1) is 0 Å². The highest BCUT2D eigenvalue weighted by molar-refractivity contribution is 5.41. The van der Waals surface area contributed by atoms with Gasteiger partial charge in [0.1, 0.15) is 12.1 Å². The van der Waals surface area contributed by atoms with Crippen LogP contribution in [0, 0.1) is 5.92 Å². The van der Waals surface area contributed by atoms with Gasteiger partial charge >= 0.3 is 0 Å². The molecule has 106 valence electrons. The fraction of sp³-hybridized carbons (Fsp3) is 0.733. The summed E-state index contributed by atoms with van der Waals surface area (Å²) < 4.78 is 0. The summed E-state index contributed by atoms with van der Waals surface area (Å²) in [7, 11) is 0. The molecule has 0 spiro atoms. The molecule has 2 N–H and O–H groups in total. The smallest absolute Gasteiger partial charge is 0.132 e. The van der Waals surface area contributed by atoms with E-state index in [1.54, 1.807) is 6.33 Å². The minimum atomic E-state index is 0.439. The van der Waals surface area contributed by atoms with Gasteiger partial charge in [0.2, 0.25) is 0 Å². The third-order valence-corrected chi connectivity index (χ3v) is 4.22. The number of aromatic nitrogens is 2. The summed E-state index contributed by atoms with van der Waals surface area (Å²) in [6.07, 6.45) is 5.46. The first-order valence-corrected chi connectivity index (χ1v) is 7.46. The van der Waals surface area contributed by atoms with Crippen molar-refractivity contribution >= 4 is 5.82 Å². The number of nitrogens with two attached hydrogens (primary N) is 1. The van der Waals surface area contributed by atoms with Crippen LogP contribution in [0.4, 0.5) is 5.82 Å². The van der Waals surface area contributed by atoms with Gasteiger partial charge in [-0.2, -0.15) is 0 Å². The van der Waals surface area contributed by atoms with E-state index in [0.717, 1.165) is 24.6 Å². The normalized spacial score (nSPS) is 23.0. The SMILES string of the molecule is CCN(c1cc(C(C)C)ncn1)C1CCCC1CN. The minimum absolute atomic E-state index is 0.439. The van der Waals surface area contributed by atoms with Crippen LogP contribution in [0.15, 0.2) is 12.4 Å². The van der Waals surface area contributed by atoms with Gasteiger partial charge in [-0.25, -0.2) is 9.97 Å².